The van der Waals surface area contributed by atoms with Crippen LogP contribution in [0.4, 0.5) is 5.82 Å². The Morgan fingerprint density at radius 2 is 1.43 bits per heavy atom. The van der Waals surface area contributed by atoms with Crippen molar-refractivity contribution < 1.29 is 69.5 Å². The fourth-order valence-electron chi connectivity index (χ4n) is 0.784. The van der Waals surface area contributed by atoms with Crippen molar-refractivity contribution in [1.29, 1.82) is 0 Å². The molecular formula is C5H12N5NaO8P2. The zero-order valence-electron chi connectivity index (χ0n) is 11.5. The van der Waals surface area contributed by atoms with Crippen LogP contribution in [-0.2, 0) is 9.13 Å². The second-order valence-corrected chi connectivity index (χ2v) is 4.94. The standard InChI is InChI=1S/C5H5N5.Na.2H3O4P.H/c6-4-3-5(9-1-7-3)10-2-8-4;;2*1-5(2,3)4;/h1-2H,(H3,6,7,8,9,10);;2*(H3,1,2,3,4);/q;+1;;;-1. The second-order valence-electron chi connectivity index (χ2n) is 2.89. The third-order valence-electron chi connectivity index (χ3n) is 1.25. The van der Waals surface area contributed by atoms with Crippen molar-refractivity contribution in [2.75, 3.05) is 5.73 Å². The van der Waals surface area contributed by atoms with Crippen LogP contribution in [0.5, 0.6) is 0 Å². The van der Waals surface area contributed by atoms with Gasteiger partial charge in [0.15, 0.2) is 11.5 Å². The number of hydrogen-bond acceptors (Lipinski definition) is 6. The third-order valence-corrected chi connectivity index (χ3v) is 1.25. The molecule has 0 aromatic carbocycles. The summed E-state index contributed by atoms with van der Waals surface area (Å²) in [4.78, 5) is 57.5. The number of imidazole rings is 1. The number of nitrogens with one attached hydrogen (secondary N) is 1. The Morgan fingerprint density at radius 1 is 1.00 bits per heavy atom. The van der Waals surface area contributed by atoms with E-state index in [1.54, 1.807) is 0 Å². The first kappa shape index (κ1) is 22.8. The van der Waals surface area contributed by atoms with E-state index in [4.69, 9.17) is 44.2 Å². The molecule has 16 heteroatoms. The first-order chi connectivity index (χ1) is 8.88. The number of rotatable bonds is 0. The molecule has 0 spiro atoms. The van der Waals surface area contributed by atoms with Crippen LogP contribution in [0.3, 0.4) is 0 Å². The molecule has 0 saturated carbocycles. The van der Waals surface area contributed by atoms with E-state index in [1.165, 1.54) is 12.7 Å². The number of H-pyrrole nitrogens is 1. The Hall–Kier alpha value is -0.430. The second kappa shape index (κ2) is 9.56. The molecule has 2 heterocycles. The van der Waals surface area contributed by atoms with Gasteiger partial charge in [-0.25, -0.2) is 24.1 Å². The van der Waals surface area contributed by atoms with E-state index in [0.717, 1.165) is 0 Å². The summed E-state index contributed by atoms with van der Waals surface area (Å²) in [6.07, 6.45) is 2.92. The molecular weight excluding hydrogens is 343 g/mol. The summed E-state index contributed by atoms with van der Waals surface area (Å²) >= 11 is 0. The molecule has 0 aliphatic carbocycles. The van der Waals surface area contributed by atoms with Crippen LogP contribution in [0, 0.1) is 0 Å². The third kappa shape index (κ3) is 15.8. The molecule has 0 aliphatic heterocycles. The summed E-state index contributed by atoms with van der Waals surface area (Å²) in [5.41, 5.74) is 6.78. The van der Waals surface area contributed by atoms with Crippen molar-refractivity contribution in [3.05, 3.63) is 12.7 Å². The van der Waals surface area contributed by atoms with Crippen molar-refractivity contribution >= 4 is 32.6 Å². The van der Waals surface area contributed by atoms with Gasteiger partial charge in [0.2, 0.25) is 0 Å². The summed E-state index contributed by atoms with van der Waals surface area (Å²) in [6.45, 7) is 0. The van der Waals surface area contributed by atoms with Gasteiger partial charge in [-0.1, -0.05) is 0 Å². The molecule has 116 valence electrons. The van der Waals surface area contributed by atoms with Crippen molar-refractivity contribution in [1.82, 2.24) is 19.9 Å². The molecule has 9 N–H and O–H groups in total. The SMILES string of the molecule is Nc1ncnc2nc[nH]c12.O=P(O)(O)O.O=P(O)(O)O.[H-].[Na+]. The normalized spacial score (nSPS) is 10.6. The van der Waals surface area contributed by atoms with E-state index in [-0.39, 0.29) is 31.0 Å². The van der Waals surface area contributed by atoms with Crippen LogP contribution in [0.25, 0.3) is 11.2 Å². The van der Waals surface area contributed by atoms with Crippen LogP contribution < -0.4 is 35.3 Å². The molecule has 0 saturated heterocycles. The Kier molecular flexibility index (Phi) is 10.4. The van der Waals surface area contributed by atoms with E-state index < -0.39 is 15.6 Å². The average molecular weight is 355 g/mol. The van der Waals surface area contributed by atoms with Crippen LogP contribution in [-0.4, -0.2) is 49.3 Å². The predicted molar refractivity (Wildman–Crippen MR) is 65.7 cm³/mol. The summed E-state index contributed by atoms with van der Waals surface area (Å²) in [7, 11) is -9.28. The van der Waals surface area contributed by atoms with Crippen molar-refractivity contribution in [2.24, 2.45) is 0 Å². The predicted octanol–water partition coefficient (Wildman–Crippen LogP) is -4.81. The number of nitrogen functional groups attached to an aromatic ring is 1. The maximum Gasteiger partial charge on any atom is 1.00 e. The largest absolute Gasteiger partial charge is 1.00 e. The van der Waals surface area contributed by atoms with E-state index in [2.05, 4.69) is 19.9 Å². The maximum absolute atomic E-state index is 8.88. The number of aromatic amines is 1. The summed E-state index contributed by atoms with van der Waals surface area (Å²) in [5, 5.41) is 0. The van der Waals surface area contributed by atoms with E-state index in [9.17, 15) is 0 Å². The molecule has 0 amide bonds. The maximum atomic E-state index is 8.88. The fraction of sp³-hybridized carbons (Fsp3) is 0. The Labute approximate surface area is 140 Å². The number of phosphoric acid groups is 2. The topological polar surface area (TPSA) is 236 Å². The number of hydrogen-bond donors (Lipinski definition) is 8. The van der Waals surface area contributed by atoms with Crippen molar-refractivity contribution in [3.8, 4) is 0 Å². The van der Waals surface area contributed by atoms with Gasteiger partial charge in [0.1, 0.15) is 11.8 Å². The summed E-state index contributed by atoms with van der Waals surface area (Å²) in [6, 6.07) is 0. The van der Waals surface area contributed by atoms with Crippen LogP contribution >= 0.6 is 15.6 Å². The molecule has 0 bridgehead atoms. The molecule has 2 aromatic rings. The molecule has 13 nitrogen and oxygen atoms in total. The molecule has 0 radical (unpaired) electrons. The number of anilines is 1. The van der Waals surface area contributed by atoms with Gasteiger partial charge >= 0.3 is 45.2 Å². The van der Waals surface area contributed by atoms with Gasteiger partial charge in [-0.2, -0.15) is 0 Å². The fourth-order valence-corrected chi connectivity index (χ4v) is 0.784. The number of aromatic nitrogens is 4. The quantitative estimate of drug-likeness (QED) is 0.164. The van der Waals surface area contributed by atoms with Crippen molar-refractivity contribution in [2.45, 2.75) is 0 Å². The first-order valence-electron chi connectivity index (χ1n) is 4.34. The molecule has 0 unspecified atom stereocenters. The molecule has 21 heavy (non-hydrogen) atoms. The van der Waals surface area contributed by atoms with Crippen LogP contribution in [0.15, 0.2) is 12.7 Å². The monoisotopic (exact) mass is 355 g/mol. The van der Waals surface area contributed by atoms with Crippen molar-refractivity contribution in [3.63, 3.8) is 0 Å². The van der Waals surface area contributed by atoms with Gasteiger partial charge < -0.3 is 41.5 Å². The Bertz CT molecular complexity index is 608. The van der Waals surface area contributed by atoms with Gasteiger partial charge in [-0.15, -0.1) is 0 Å². The molecule has 0 atom stereocenters. The van der Waals surface area contributed by atoms with Crippen LogP contribution in [0.1, 0.15) is 1.43 Å². The number of nitrogens with two attached hydrogens (primary N) is 1. The summed E-state index contributed by atoms with van der Waals surface area (Å²) < 4.78 is 17.8. The molecule has 2 rings (SSSR count). The van der Waals surface area contributed by atoms with E-state index in [0.29, 0.717) is 17.0 Å². The first-order valence-corrected chi connectivity index (χ1v) is 7.47. The molecule has 0 aliphatic rings. The van der Waals surface area contributed by atoms with Gasteiger partial charge in [-0.05, 0) is 0 Å². The van der Waals surface area contributed by atoms with Gasteiger partial charge in [-0.3, -0.25) is 0 Å². The minimum atomic E-state index is -4.64. The number of fused-ring (bicyclic) bond motifs is 1. The van der Waals surface area contributed by atoms with E-state index in [1.807, 2.05) is 0 Å². The molecule has 0 fully saturated rings. The minimum Gasteiger partial charge on any atom is -1.00 e. The zero-order chi connectivity index (χ0) is 16.0. The zero-order valence-corrected chi connectivity index (χ0v) is 14.3. The van der Waals surface area contributed by atoms with Gasteiger partial charge in [0.25, 0.3) is 0 Å². The van der Waals surface area contributed by atoms with Gasteiger partial charge in [0, 0.05) is 0 Å². The Morgan fingerprint density at radius 3 is 1.81 bits per heavy atom. The van der Waals surface area contributed by atoms with E-state index >= 15 is 0 Å². The van der Waals surface area contributed by atoms with Crippen LogP contribution in [0.2, 0.25) is 0 Å². The molecule has 2 aromatic heterocycles. The Balaban J connectivity index is -0.000000264. The van der Waals surface area contributed by atoms with Gasteiger partial charge in [0.05, 0.1) is 6.33 Å². The smallest absolute Gasteiger partial charge is 1.00 e. The number of nitrogens with zero attached hydrogens (tertiary/aromatic N) is 3. The minimum absolute atomic E-state index is 0. The summed E-state index contributed by atoms with van der Waals surface area (Å²) in [5.74, 6) is 0.433. The average Bonchev–Trinajstić information content (AvgIpc) is 2.61.